The van der Waals surface area contributed by atoms with Crippen molar-refractivity contribution >= 4 is 0 Å². The quantitative estimate of drug-likeness (QED) is 0.566. The molecule has 0 atom stereocenters. The van der Waals surface area contributed by atoms with E-state index in [4.69, 9.17) is 6.42 Å². The first-order chi connectivity index (χ1) is 7.14. The molecule has 0 unspecified atom stereocenters. The Morgan fingerprint density at radius 3 is 1.44 bits per heavy atom. The SMILES string of the molecule is C#Cc1cc(C(C)(C)C)cc(C(C)(C)C)c1. The number of terminal acetylenes is 1. The smallest absolute Gasteiger partial charge is 0.0248 e. The highest BCUT2D eigenvalue weighted by molar-refractivity contribution is 5.43. The van der Waals surface area contributed by atoms with Crippen molar-refractivity contribution in [3.8, 4) is 12.3 Å². The van der Waals surface area contributed by atoms with Gasteiger partial charge in [0.2, 0.25) is 0 Å². The highest BCUT2D eigenvalue weighted by Crippen LogP contribution is 2.29. The lowest BCUT2D eigenvalue weighted by Gasteiger charge is -2.25. The van der Waals surface area contributed by atoms with E-state index in [9.17, 15) is 0 Å². The molecule has 0 amide bonds. The van der Waals surface area contributed by atoms with Crippen molar-refractivity contribution in [2.45, 2.75) is 52.4 Å². The van der Waals surface area contributed by atoms with Crippen molar-refractivity contribution in [1.29, 1.82) is 0 Å². The van der Waals surface area contributed by atoms with E-state index in [0.717, 1.165) is 5.56 Å². The lowest BCUT2D eigenvalue weighted by molar-refractivity contribution is 0.568. The molecule has 0 saturated heterocycles. The molecule has 0 aliphatic carbocycles. The molecule has 0 saturated carbocycles. The van der Waals surface area contributed by atoms with E-state index in [1.807, 2.05) is 0 Å². The Morgan fingerprint density at radius 1 is 0.812 bits per heavy atom. The summed E-state index contributed by atoms with van der Waals surface area (Å²) in [6.45, 7) is 13.3. The van der Waals surface area contributed by atoms with Gasteiger partial charge in [-0.05, 0) is 34.1 Å². The molecule has 86 valence electrons. The van der Waals surface area contributed by atoms with Gasteiger partial charge in [-0.15, -0.1) is 6.42 Å². The first-order valence-electron chi connectivity index (χ1n) is 5.77. The maximum Gasteiger partial charge on any atom is 0.0248 e. The van der Waals surface area contributed by atoms with Crippen LogP contribution in [-0.4, -0.2) is 0 Å². The fourth-order valence-electron chi connectivity index (χ4n) is 1.58. The van der Waals surface area contributed by atoms with Gasteiger partial charge in [-0.3, -0.25) is 0 Å². The van der Waals surface area contributed by atoms with Gasteiger partial charge in [0.05, 0.1) is 0 Å². The van der Waals surface area contributed by atoms with Crippen molar-refractivity contribution in [3.05, 3.63) is 34.9 Å². The summed E-state index contributed by atoms with van der Waals surface area (Å²) in [5.41, 5.74) is 3.90. The van der Waals surface area contributed by atoms with Crippen LogP contribution in [0.4, 0.5) is 0 Å². The van der Waals surface area contributed by atoms with Crippen LogP contribution in [0.5, 0.6) is 0 Å². The molecule has 0 aliphatic heterocycles. The van der Waals surface area contributed by atoms with Gasteiger partial charge < -0.3 is 0 Å². The van der Waals surface area contributed by atoms with E-state index in [1.165, 1.54) is 11.1 Å². The molecule has 0 heterocycles. The maximum absolute atomic E-state index is 5.52. The lowest BCUT2D eigenvalue weighted by atomic mass is 9.79. The largest absolute Gasteiger partial charge is 0.115 e. The Morgan fingerprint density at radius 2 is 1.19 bits per heavy atom. The van der Waals surface area contributed by atoms with Crippen LogP contribution >= 0.6 is 0 Å². The standard InChI is InChI=1S/C16H22/c1-8-12-9-13(15(2,3)4)11-14(10-12)16(5,6)7/h1,9-11H,2-7H3. The second kappa shape index (κ2) is 3.98. The highest BCUT2D eigenvalue weighted by atomic mass is 14.2. The zero-order valence-electron chi connectivity index (χ0n) is 11.3. The summed E-state index contributed by atoms with van der Waals surface area (Å²) in [4.78, 5) is 0. The third-order valence-corrected chi connectivity index (χ3v) is 2.83. The fourth-order valence-corrected chi connectivity index (χ4v) is 1.58. The molecule has 0 spiro atoms. The van der Waals surface area contributed by atoms with Gasteiger partial charge in [-0.1, -0.05) is 53.5 Å². The number of rotatable bonds is 0. The first kappa shape index (κ1) is 12.8. The molecular weight excluding hydrogens is 192 g/mol. The monoisotopic (exact) mass is 214 g/mol. The second-order valence-electron chi connectivity index (χ2n) is 6.44. The van der Waals surface area contributed by atoms with Crippen LogP contribution in [0.25, 0.3) is 0 Å². The predicted molar refractivity (Wildman–Crippen MR) is 71.8 cm³/mol. The second-order valence-corrected chi connectivity index (χ2v) is 6.44. The van der Waals surface area contributed by atoms with Crippen LogP contribution in [-0.2, 0) is 10.8 Å². The number of hydrogen-bond acceptors (Lipinski definition) is 0. The van der Waals surface area contributed by atoms with Crippen LogP contribution in [0, 0.1) is 12.3 Å². The van der Waals surface area contributed by atoms with Gasteiger partial charge in [0, 0.05) is 5.56 Å². The summed E-state index contributed by atoms with van der Waals surface area (Å²) in [6, 6.07) is 6.52. The van der Waals surface area contributed by atoms with Gasteiger partial charge in [-0.2, -0.15) is 0 Å². The van der Waals surface area contributed by atoms with E-state index >= 15 is 0 Å². The normalized spacial score (nSPS) is 12.3. The van der Waals surface area contributed by atoms with E-state index in [2.05, 4.69) is 65.7 Å². The van der Waals surface area contributed by atoms with E-state index in [1.54, 1.807) is 0 Å². The molecule has 0 aromatic heterocycles. The molecule has 0 radical (unpaired) electrons. The molecule has 0 bridgehead atoms. The van der Waals surface area contributed by atoms with Gasteiger partial charge in [0.25, 0.3) is 0 Å². The Labute approximate surface area is 100 Å². The fraction of sp³-hybridized carbons (Fsp3) is 0.500. The molecule has 16 heavy (non-hydrogen) atoms. The van der Waals surface area contributed by atoms with Gasteiger partial charge in [0.15, 0.2) is 0 Å². The molecule has 0 fully saturated rings. The van der Waals surface area contributed by atoms with Gasteiger partial charge >= 0.3 is 0 Å². The molecule has 1 aromatic carbocycles. The molecule has 0 heteroatoms. The average molecular weight is 214 g/mol. The minimum atomic E-state index is 0.146. The van der Waals surface area contributed by atoms with Crippen LogP contribution in [0.15, 0.2) is 18.2 Å². The van der Waals surface area contributed by atoms with Crippen molar-refractivity contribution < 1.29 is 0 Å². The summed E-state index contributed by atoms with van der Waals surface area (Å²) in [5.74, 6) is 2.75. The van der Waals surface area contributed by atoms with Crippen LogP contribution < -0.4 is 0 Å². The summed E-state index contributed by atoms with van der Waals surface area (Å²) in [7, 11) is 0. The van der Waals surface area contributed by atoms with E-state index in [-0.39, 0.29) is 10.8 Å². The van der Waals surface area contributed by atoms with Gasteiger partial charge in [-0.25, -0.2) is 0 Å². The minimum absolute atomic E-state index is 0.146. The predicted octanol–water partition coefficient (Wildman–Crippen LogP) is 4.26. The summed E-state index contributed by atoms with van der Waals surface area (Å²) < 4.78 is 0. The zero-order chi connectivity index (χ0) is 12.6. The number of hydrogen-bond donors (Lipinski definition) is 0. The molecule has 1 aromatic rings. The molecule has 1 rings (SSSR count). The van der Waals surface area contributed by atoms with Crippen molar-refractivity contribution in [1.82, 2.24) is 0 Å². The molecule has 0 nitrogen and oxygen atoms in total. The molecule has 0 N–H and O–H groups in total. The Balaban J connectivity index is 3.41. The third-order valence-electron chi connectivity index (χ3n) is 2.83. The topological polar surface area (TPSA) is 0 Å². The number of benzene rings is 1. The van der Waals surface area contributed by atoms with E-state index in [0.29, 0.717) is 0 Å². The first-order valence-corrected chi connectivity index (χ1v) is 5.77. The van der Waals surface area contributed by atoms with Crippen LogP contribution in [0.3, 0.4) is 0 Å². The van der Waals surface area contributed by atoms with Crippen molar-refractivity contribution in [2.75, 3.05) is 0 Å². The Hall–Kier alpha value is -1.22. The molecular formula is C16H22. The third kappa shape index (κ3) is 2.89. The Kier molecular flexibility index (Phi) is 3.20. The van der Waals surface area contributed by atoms with Crippen molar-refractivity contribution in [2.24, 2.45) is 0 Å². The van der Waals surface area contributed by atoms with Gasteiger partial charge in [0.1, 0.15) is 0 Å². The zero-order valence-corrected chi connectivity index (χ0v) is 11.3. The Bertz CT molecular complexity index is 385. The summed E-state index contributed by atoms with van der Waals surface area (Å²) >= 11 is 0. The maximum atomic E-state index is 5.52. The van der Waals surface area contributed by atoms with Crippen LogP contribution in [0.2, 0.25) is 0 Å². The average Bonchev–Trinajstić information content (AvgIpc) is 2.14. The summed E-state index contributed by atoms with van der Waals surface area (Å²) in [6.07, 6.45) is 5.52. The lowest BCUT2D eigenvalue weighted by Crippen LogP contribution is -2.16. The highest BCUT2D eigenvalue weighted by Gasteiger charge is 2.19. The molecule has 0 aliphatic rings. The van der Waals surface area contributed by atoms with Crippen LogP contribution in [0.1, 0.15) is 58.2 Å². The van der Waals surface area contributed by atoms with E-state index < -0.39 is 0 Å². The van der Waals surface area contributed by atoms with Crippen molar-refractivity contribution in [3.63, 3.8) is 0 Å². The summed E-state index contributed by atoms with van der Waals surface area (Å²) in [5, 5.41) is 0. The minimum Gasteiger partial charge on any atom is -0.115 e.